The minimum absolute atomic E-state index is 0.279. The third-order valence-electron chi connectivity index (χ3n) is 3.13. The van der Waals surface area contributed by atoms with Crippen molar-refractivity contribution in [2.75, 3.05) is 14.2 Å². The monoisotopic (exact) mass is 324 g/mol. The van der Waals surface area contributed by atoms with Crippen molar-refractivity contribution in [3.63, 3.8) is 0 Å². The number of carbonyl (C=O) groups is 4. The zero-order chi connectivity index (χ0) is 17.7. The number of methoxy groups -OCH3 is 2. The van der Waals surface area contributed by atoms with E-state index in [-0.39, 0.29) is 16.7 Å². The van der Waals surface area contributed by atoms with Gasteiger partial charge in [-0.2, -0.15) is 0 Å². The highest BCUT2D eigenvalue weighted by Crippen LogP contribution is 2.19. The second kappa shape index (κ2) is 7.61. The number of aliphatic hydroxyl groups excluding tert-OH is 2. The molecule has 0 heterocycles. The van der Waals surface area contributed by atoms with E-state index in [1.54, 1.807) is 0 Å². The first-order valence-corrected chi connectivity index (χ1v) is 6.46. The van der Waals surface area contributed by atoms with E-state index >= 15 is 0 Å². The van der Waals surface area contributed by atoms with E-state index in [0.717, 1.165) is 14.2 Å². The van der Waals surface area contributed by atoms with Crippen molar-refractivity contribution in [3.05, 3.63) is 34.9 Å². The van der Waals surface area contributed by atoms with Gasteiger partial charge < -0.3 is 19.7 Å². The van der Waals surface area contributed by atoms with Gasteiger partial charge in [-0.05, 0) is 12.5 Å². The molecule has 0 aliphatic heterocycles. The lowest BCUT2D eigenvalue weighted by Crippen LogP contribution is -2.35. The number of esters is 2. The molecular weight excluding hydrogens is 308 g/mol. The summed E-state index contributed by atoms with van der Waals surface area (Å²) in [4.78, 5) is 47.0. The molecular formula is C15H16O8. The molecule has 0 aliphatic carbocycles. The van der Waals surface area contributed by atoms with E-state index in [0.29, 0.717) is 0 Å². The second-order valence-electron chi connectivity index (χ2n) is 4.58. The van der Waals surface area contributed by atoms with Crippen molar-refractivity contribution in [1.29, 1.82) is 0 Å². The Kier molecular flexibility index (Phi) is 6.11. The van der Waals surface area contributed by atoms with Crippen LogP contribution in [0.3, 0.4) is 0 Å². The maximum atomic E-state index is 12.3. The Morgan fingerprint density at radius 1 is 0.913 bits per heavy atom. The third kappa shape index (κ3) is 3.79. The lowest BCUT2D eigenvalue weighted by molar-refractivity contribution is -0.148. The van der Waals surface area contributed by atoms with Crippen molar-refractivity contribution in [2.24, 2.45) is 0 Å². The van der Waals surface area contributed by atoms with Crippen LogP contribution in [0.25, 0.3) is 0 Å². The number of hydrogen-bond donors (Lipinski definition) is 2. The van der Waals surface area contributed by atoms with E-state index < -0.39 is 35.7 Å². The molecule has 124 valence electrons. The number of rotatable bonds is 6. The van der Waals surface area contributed by atoms with Gasteiger partial charge in [-0.1, -0.05) is 18.2 Å². The lowest BCUT2D eigenvalue weighted by Gasteiger charge is -2.15. The van der Waals surface area contributed by atoms with Gasteiger partial charge in [0.25, 0.3) is 0 Å². The number of ether oxygens (including phenoxy) is 2. The van der Waals surface area contributed by atoms with Crippen LogP contribution < -0.4 is 0 Å². The summed E-state index contributed by atoms with van der Waals surface area (Å²) in [6, 6.07) is 4.09. The lowest BCUT2D eigenvalue weighted by atomic mass is 9.91. The second-order valence-corrected chi connectivity index (χ2v) is 4.58. The van der Waals surface area contributed by atoms with Crippen molar-refractivity contribution in [3.8, 4) is 0 Å². The van der Waals surface area contributed by atoms with Crippen molar-refractivity contribution in [2.45, 2.75) is 19.1 Å². The van der Waals surface area contributed by atoms with E-state index in [4.69, 9.17) is 0 Å². The molecule has 1 aromatic carbocycles. The molecule has 0 aromatic heterocycles. The van der Waals surface area contributed by atoms with E-state index in [1.165, 1.54) is 25.1 Å². The Bertz CT molecular complexity index is 649. The summed E-state index contributed by atoms with van der Waals surface area (Å²) in [6.07, 6.45) is -4.24. The normalized spacial score (nSPS) is 12.9. The minimum atomic E-state index is -2.12. The fraction of sp³-hybridized carbons (Fsp3) is 0.333. The standard InChI is InChI=1S/C15H16O8/c1-7-5-4-6-8(10(16)12(18)14(20)22-2)9(7)11(17)13(19)15(21)23-3/h4-6,12-13,18-19H,1-3H3. The summed E-state index contributed by atoms with van der Waals surface area (Å²) in [5, 5.41) is 19.3. The molecule has 0 fully saturated rings. The molecule has 0 spiro atoms. The fourth-order valence-corrected chi connectivity index (χ4v) is 1.92. The van der Waals surface area contributed by atoms with Gasteiger partial charge in [-0.3, -0.25) is 9.59 Å². The van der Waals surface area contributed by atoms with Crippen LogP contribution in [0.1, 0.15) is 26.3 Å². The van der Waals surface area contributed by atoms with Gasteiger partial charge in [0.15, 0.2) is 0 Å². The number of Topliss-reactive ketones (excluding diaryl/α,β-unsaturated/α-hetero) is 2. The fourth-order valence-electron chi connectivity index (χ4n) is 1.92. The van der Waals surface area contributed by atoms with Gasteiger partial charge in [0.1, 0.15) is 0 Å². The Labute approximate surface area is 131 Å². The Balaban J connectivity index is 3.34. The zero-order valence-corrected chi connectivity index (χ0v) is 12.7. The molecule has 0 bridgehead atoms. The highest BCUT2D eigenvalue weighted by atomic mass is 16.5. The predicted molar refractivity (Wildman–Crippen MR) is 75.9 cm³/mol. The van der Waals surface area contributed by atoms with Crippen LogP contribution in [0, 0.1) is 6.92 Å². The van der Waals surface area contributed by atoms with Crippen LogP contribution in [-0.2, 0) is 19.1 Å². The smallest absolute Gasteiger partial charge is 0.342 e. The van der Waals surface area contributed by atoms with Gasteiger partial charge in [0, 0.05) is 11.1 Å². The average Bonchev–Trinajstić information content (AvgIpc) is 2.57. The summed E-state index contributed by atoms with van der Waals surface area (Å²) in [6.45, 7) is 1.47. The molecule has 8 nitrogen and oxygen atoms in total. The highest BCUT2D eigenvalue weighted by Gasteiger charge is 2.33. The van der Waals surface area contributed by atoms with Gasteiger partial charge in [0.2, 0.25) is 23.8 Å². The number of carbonyl (C=O) groups excluding carboxylic acids is 4. The zero-order valence-electron chi connectivity index (χ0n) is 12.7. The number of aryl methyl sites for hydroxylation is 1. The van der Waals surface area contributed by atoms with Gasteiger partial charge >= 0.3 is 11.9 Å². The summed E-state index contributed by atoms with van der Waals surface area (Å²) in [7, 11) is 1.98. The number of ketones is 2. The van der Waals surface area contributed by atoms with E-state index in [2.05, 4.69) is 9.47 Å². The highest BCUT2D eigenvalue weighted by molar-refractivity contribution is 6.20. The molecule has 8 heteroatoms. The van der Waals surface area contributed by atoms with Crippen LogP contribution in [0.2, 0.25) is 0 Å². The molecule has 2 unspecified atom stereocenters. The first kappa shape index (κ1) is 18.5. The molecule has 0 saturated carbocycles. The summed E-state index contributed by atoms with van der Waals surface area (Å²) in [5.41, 5.74) is -0.310. The van der Waals surface area contributed by atoms with Crippen molar-refractivity contribution < 1.29 is 38.9 Å². The molecule has 2 atom stereocenters. The SMILES string of the molecule is COC(=O)C(O)C(=O)c1cccc(C)c1C(=O)C(O)C(=O)OC. The number of hydrogen-bond acceptors (Lipinski definition) is 8. The van der Waals surface area contributed by atoms with Crippen LogP contribution in [0.15, 0.2) is 18.2 Å². The number of benzene rings is 1. The topological polar surface area (TPSA) is 127 Å². The third-order valence-corrected chi connectivity index (χ3v) is 3.13. The average molecular weight is 324 g/mol. The van der Waals surface area contributed by atoms with E-state index in [1.807, 2.05) is 0 Å². The molecule has 0 aliphatic rings. The molecule has 0 saturated heterocycles. The van der Waals surface area contributed by atoms with Crippen molar-refractivity contribution >= 4 is 23.5 Å². The maximum Gasteiger partial charge on any atom is 0.342 e. The maximum absolute atomic E-state index is 12.3. The van der Waals surface area contributed by atoms with Crippen molar-refractivity contribution in [1.82, 2.24) is 0 Å². The van der Waals surface area contributed by atoms with Gasteiger partial charge in [-0.15, -0.1) is 0 Å². The van der Waals surface area contributed by atoms with Gasteiger partial charge in [-0.25, -0.2) is 9.59 Å². The molecule has 0 radical (unpaired) electrons. The summed E-state index contributed by atoms with van der Waals surface area (Å²) < 4.78 is 8.55. The van der Waals surface area contributed by atoms with Crippen LogP contribution in [0.4, 0.5) is 0 Å². The Morgan fingerprint density at radius 3 is 1.87 bits per heavy atom. The molecule has 0 amide bonds. The first-order chi connectivity index (χ1) is 10.8. The van der Waals surface area contributed by atoms with E-state index in [9.17, 15) is 29.4 Å². The van der Waals surface area contributed by atoms with Crippen LogP contribution in [-0.4, -0.2) is 60.1 Å². The first-order valence-electron chi connectivity index (χ1n) is 6.46. The Hall–Kier alpha value is -2.58. The molecule has 1 rings (SSSR count). The van der Waals surface area contributed by atoms with Crippen LogP contribution >= 0.6 is 0 Å². The van der Waals surface area contributed by atoms with Gasteiger partial charge in [0.05, 0.1) is 14.2 Å². The van der Waals surface area contributed by atoms with Crippen LogP contribution in [0.5, 0.6) is 0 Å². The quantitative estimate of drug-likeness (QED) is 0.404. The molecule has 1 aromatic rings. The minimum Gasteiger partial charge on any atom is -0.467 e. The number of aliphatic hydroxyl groups is 2. The predicted octanol–water partition coefficient (Wildman–Crippen LogP) is -0.572. The molecule has 23 heavy (non-hydrogen) atoms. The molecule has 2 N–H and O–H groups in total. The Morgan fingerprint density at radius 2 is 1.39 bits per heavy atom. The summed E-state index contributed by atoms with van der Waals surface area (Å²) >= 11 is 0. The largest absolute Gasteiger partial charge is 0.467 e. The summed E-state index contributed by atoms with van der Waals surface area (Å²) in [5.74, 6) is -4.54.